The second kappa shape index (κ2) is 5.93. The van der Waals surface area contributed by atoms with Gasteiger partial charge in [0.1, 0.15) is 5.82 Å². The maximum Gasteiger partial charge on any atom is 0.230 e. The van der Waals surface area contributed by atoms with Gasteiger partial charge in [0, 0.05) is 11.5 Å². The highest BCUT2D eigenvalue weighted by Crippen LogP contribution is 2.35. The van der Waals surface area contributed by atoms with Crippen LogP contribution in [0.2, 0.25) is 0 Å². The third-order valence-electron chi connectivity index (χ3n) is 4.39. The first-order valence-corrected chi connectivity index (χ1v) is 7.47. The van der Waals surface area contributed by atoms with Crippen LogP contribution in [0.25, 0.3) is 11.4 Å². The van der Waals surface area contributed by atoms with Gasteiger partial charge in [-0.3, -0.25) is 0 Å². The Morgan fingerprint density at radius 2 is 2.05 bits per heavy atom. The minimum Gasteiger partial charge on any atom is -0.339 e. The van der Waals surface area contributed by atoms with E-state index in [2.05, 4.69) is 10.1 Å². The Hall–Kier alpha value is -1.75. The van der Waals surface area contributed by atoms with Crippen molar-refractivity contribution in [2.24, 2.45) is 11.7 Å². The van der Waals surface area contributed by atoms with Gasteiger partial charge in [0.15, 0.2) is 0 Å². The number of aryl methyl sites for hydroxylation is 1. The highest BCUT2D eigenvalue weighted by molar-refractivity contribution is 5.55. The molecule has 1 aliphatic carbocycles. The van der Waals surface area contributed by atoms with Gasteiger partial charge >= 0.3 is 0 Å². The van der Waals surface area contributed by atoms with E-state index in [9.17, 15) is 4.39 Å². The molecule has 1 heterocycles. The Bertz CT molecular complexity index is 618. The number of nitrogens with zero attached hydrogens (tertiary/aromatic N) is 2. The Kier molecular flexibility index (Phi) is 4.01. The van der Waals surface area contributed by atoms with E-state index in [0.717, 1.165) is 37.8 Å². The van der Waals surface area contributed by atoms with Crippen molar-refractivity contribution in [3.63, 3.8) is 0 Å². The van der Waals surface area contributed by atoms with Gasteiger partial charge in [0.2, 0.25) is 11.7 Å². The van der Waals surface area contributed by atoms with Crippen LogP contribution in [0.4, 0.5) is 4.39 Å². The minimum atomic E-state index is -0.220. The predicted molar refractivity (Wildman–Crippen MR) is 78.2 cm³/mol. The van der Waals surface area contributed by atoms with E-state index in [1.165, 1.54) is 6.07 Å². The van der Waals surface area contributed by atoms with Crippen molar-refractivity contribution in [2.45, 2.75) is 38.5 Å². The standard InChI is InChI=1S/C16H20FN3O/c1-10-8-13(6-7-14(10)17)15-19-16(21-20-15)12-4-2-11(9-18)3-5-12/h6-8,11-12H,2-5,9,18H2,1H3. The van der Waals surface area contributed by atoms with Crippen molar-refractivity contribution in [3.05, 3.63) is 35.5 Å². The van der Waals surface area contributed by atoms with E-state index in [1.807, 2.05) is 0 Å². The molecule has 5 heteroatoms. The molecular weight excluding hydrogens is 269 g/mol. The topological polar surface area (TPSA) is 64.9 Å². The van der Waals surface area contributed by atoms with Crippen LogP contribution in [0.15, 0.2) is 22.7 Å². The van der Waals surface area contributed by atoms with Gasteiger partial charge in [-0.2, -0.15) is 4.98 Å². The third-order valence-corrected chi connectivity index (χ3v) is 4.39. The van der Waals surface area contributed by atoms with Crippen molar-refractivity contribution >= 4 is 0 Å². The summed E-state index contributed by atoms with van der Waals surface area (Å²) < 4.78 is 18.7. The fourth-order valence-electron chi connectivity index (χ4n) is 2.95. The summed E-state index contributed by atoms with van der Waals surface area (Å²) >= 11 is 0. The van der Waals surface area contributed by atoms with Crippen LogP contribution in [0, 0.1) is 18.7 Å². The van der Waals surface area contributed by atoms with Crippen LogP contribution in [0.1, 0.15) is 43.1 Å². The van der Waals surface area contributed by atoms with Gasteiger partial charge < -0.3 is 10.3 Å². The molecule has 0 spiro atoms. The van der Waals surface area contributed by atoms with E-state index < -0.39 is 0 Å². The average molecular weight is 289 g/mol. The quantitative estimate of drug-likeness (QED) is 0.940. The molecule has 0 unspecified atom stereocenters. The smallest absolute Gasteiger partial charge is 0.230 e. The van der Waals surface area contributed by atoms with E-state index in [1.54, 1.807) is 19.1 Å². The second-order valence-corrected chi connectivity index (χ2v) is 5.87. The van der Waals surface area contributed by atoms with Crippen LogP contribution < -0.4 is 5.73 Å². The number of nitrogens with two attached hydrogens (primary N) is 1. The van der Waals surface area contributed by atoms with E-state index in [0.29, 0.717) is 29.1 Å². The average Bonchev–Trinajstić information content (AvgIpc) is 3.00. The molecule has 3 rings (SSSR count). The Labute approximate surface area is 123 Å². The van der Waals surface area contributed by atoms with Crippen molar-refractivity contribution in [3.8, 4) is 11.4 Å². The normalized spacial score (nSPS) is 22.4. The van der Waals surface area contributed by atoms with Crippen molar-refractivity contribution in [2.75, 3.05) is 6.54 Å². The SMILES string of the molecule is Cc1cc(-c2noc(C3CCC(CN)CC3)n2)ccc1F. The van der Waals surface area contributed by atoms with E-state index in [-0.39, 0.29) is 5.82 Å². The molecule has 1 saturated carbocycles. The fraction of sp³-hybridized carbons (Fsp3) is 0.500. The van der Waals surface area contributed by atoms with Gasteiger partial charge in [-0.05, 0) is 68.8 Å². The number of halogens is 1. The summed E-state index contributed by atoms with van der Waals surface area (Å²) in [6.45, 7) is 2.49. The zero-order valence-electron chi connectivity index (χ0n) is 12.2. The number of benzene rings is 1. The second-order valence-electron chi connectivity index (χ2n) is 5.87. The van der Waals surface area contributed by atoms with Crippen LogP contribution in [-0.4, -0.2) is 16.7 Å². The summed E-state index contributed by atoms with van der Waals surface area (Å²) in [5, 5.41) is 4.04. The largest absolute Gasteiger partial charge is 0.339 e. The third kappa shape index (κ3) is 2.97. The first-order chi connectivity index (χ1) is 10.2. The van der Waals surface area contributed by atoms with Gasteiger partial charge in [-0.25, -0.2) is 4.39 Å². The molecule has 1 aromatic carbocycles. The van der Waals surface area contributed by atoms with E-state index in [4.69, 9.17) is 10.3 Å². The first-order valence-electron chi connectivity index (χ1n) is 7.47. The Morgan fingerprint density at radius 1 is 1.29 bits per heavy atom. The number of hydrogen-bond acceptors (Lipinski definition) is 4. The Morgan fingerprint density at radius 3 is 2.71 bits per heavy atom. The molecule has 0 amide bonds. The van der Waals surface area contributed by atoms with Crippen molar-refractivity contribution in [1.29, 1.82) is 0 Å². The fourth-order valence-corrected chi connectivity index (χ4v) is 2.95. The van der Waals surface area contributed by atoms with Gasteiger partial charge in [0.25, 0.3) is 0 Å². The number of rotatable bonds is 3. The van der Waals surface area contributed by atoms with Gasteiger partial charge in [0.05, 0.1) is 0 Å². The van der Waals surface area contributed by atoms with Gasteiger partial charge in [-0.15, -0.1) is 0 Å². The van der Waals surface area contributed by atoms with Crippen LogP contribution in [0.3, 0.4) is 0 Å². The lowest BCUT2D eigenvalue weighted by molar-refractivity contribution is 0.275. The lowest BCUT2D eigenvalue weighted by atomic mass is 9.82. The lowest BCUT2D eigenvalue weighted by Gasteiger charge is -2.24. The highest BCUT2D eigenvalue weighted by Gasteiger charge is 2.26. The monoisotopic (exact) mass is 289 g/mol. The zero-order valence-corrected chi connectivity index (χ0v) is 12.2. The van der Waals surface area contributed by atoms with Gasteiger partial charge in [-0.1, -0.05) is 5.16 Å². The molecule has 0 radical (unpaired) electrons. The van der Waals surface area contributed by atoms with Crippen LogP contribution in [0.5, 0.6) is 0 Å². The molecule has 112 valence electrons. The van der Waals surface area contributed by atoms with Crippen molar-refractivity contribution < 1.29 is 8.91 Å². The summed E-state index contributed by atoms with van der Waals surface area (Å²) in [5.74, 6) is 1.97. The number of aromatic nitrogens is 2. The molecule has 4 nitrogen and oxygen atoms in total. The molecular formula is C16H20FN3O. The first kappa shape index (κ1) is 14.2. The minimum absolute atomic E-state index is 0.220. The maximum absolute atomic E-state index is 13.3. The summed E-state index contributed by atoms with van der Waals surface area (Å²) in [7, 11) is 0. The molecule has 0 saturated heterocycles. The van der Waals surface area contributed by atoms with E-state index >= 15 is 0 Å². The Balaban J connectivity index is 1.76. The molecule has 0 bridgehead atoms. The maximum atomic E-state index is 13.3. The lowest BCUT2D eigenvalue weighted by Crippen LogP contribution is -2.20. The molecule has 1 fully saturated rings. The van der Waals surface area contributed by atoms with Crippen molar-refractivity contribution in [1.82, 2.24) is 10.1 Å². The molecule has 2 N–H and O–H groups in total. The molecule has 21 heavy (non-hydrogen) atoms. The molecule has 0 atom stereocenters. The van der Waals surface area contributed by atoms with Crippen LogP contribution >= 0.6 is 0 Å². The number of hydrogen-bond donors (Lipinski definition) is 1. The van der Waals surface area contributed by atoms with Crippen LogP contribution in [-0.2, 0) is 0 Å². The summed E-state index contributed by atoms with van der Waals surface area (Å²) in [4.78, 5) is 4.49. The zero-order chi connectivity index (χ0) is 14.8. The molecule has 1 aromatic heterocycles. The summed E-state index contributed by atoms with van der Waals surface area (Å²) in [6, 6.07) is 4.87. The molecule has 0 aliphatic heterocycles. The predicted octanol–water partition coefficient (Wildman–Crippen LogP) is 3.42. The highest BCUT2D eigenvalue weighted by atomic mass is 19.1. The molecule has 1 aliphatic rings. The summed E-state index contributed by atoms with van der Waals surface area (Å²) in [5.41, 5.74) is 7.09. The molecule has 2 aromatic rings. The summed E-state index contributed by atoms with van der Waals surface area (Å²) in [6.07, 6.45) is 4.33.